The maximum Gasteiger partial charge on any atom is 0.237 e. The minimum Gasteiger partial charge on any atom is -0.333 e. The Bertz CT molecular complexity index is 1140. The molecule has 0 radical (unpaired) electrons. The molecule has 7 nitrogen and oxygen atoms in total. The summed E-state index contributed by atoms with van der Waals surface area (Å²) in [5.74, 6) is 1.43. The van der Waals surface area contributed by atoms with Crippen LogP contribution in [0.1, 0.15) is 47.1 Å². The molecule has 2 aliphatic heterocycles. The third kappa shape index (κ3) is 4.88. The fourth-order valence-electron chi connectivity index (χ4n) is 4.95. The average Bonchev–Trinajstić information content (AvgIpc) is 3.29. The fourth-order valence-corrected chi connectivity index (χ4v) is 4.95. The van der Waals surface area contributed by atoms with Crippen molar-refractivity contribution in [3.05, 3.63) is 76.7 Å². The summed E-state index contributed by atoms with van der Waals surface area (Å²) in [7, 11) is 0. The van der Waals surface area contributed by atoms with Gasteiger partial charge in [-0.15, -0.1) is 0 Å². The Hall–Kier alpha value is -3.32. The van der Waals surface area contributed by atoms with E-state index in [1.165, 1.54) is 11.1 Å². The van der Waals surface area contributed by atoms with Gasteiger partial charge in [-0.3, -0.25) is 9.69 Å². The summed E-state index contributed by atoms with van der Waals surface area (Å²) in [6.07, 6.45) is 2.94. The Morgan fingerprint density at radius 1 is 1.00 bits per heavy atom. The predicted molar refractivity (Wildman–Crippen MR) is 128 cm³/mol. The molecule has 1 atom stereocenters. The highest BCUT2D eigenvalue weighted by Crippen LogP contribution is 2.32. The number of anilines is 2. The van der Waals surface area contributed by atoms with Gasteiger partial charge in [-0.1, -0.05) is 30.3 Å². The first-order valence-electron chi connectivity index (χ1n) is 11.7. The van der Waals surface area contributed by atoms with Crippen LogP contribution >= 0.6 is 0 Å². The molecule has 1 N–H and O–H groups in total. The minimum absolute atomic E-state index is 0.0106. The highest BCUT2D eigenvalue weighted by atomic mass is 16.2. The lowest BCUT2D eigenvalue weighted by Gasteiger charge is -2.31. The average molecular weight is 443 g/mol. The second-order valence-corrected chi connectivity index (χ2v) is 9.02. The van der Waals surface area contributed by atoms with Crippen LogP contribution in [0.15, 0.2) is 48.5 Å². The third-order valence-corrected chi connectivity index (χ3v) is 6.48. The van der Waals surface area contributed by atoms with E-state index < -0.39 is 0 Å². The van der Waals surface area contributed by atoms with Gasteiger partial charge in [0, 0.05) is 31.0 Å². The van der Waals surface area contributed by atoms with Crippen LogP contribution in [0.3, 0.4) is 0 Å². The van der Waals surface area contributed by atoms with Gasteiger partial charge in [0.05, 0.1) is 18.3 Å². The second kappa shape index (κ2) is 9.27. The summed E-state index contributed by atoms with van der Waals surface area (Å²) in [6, 6.07) is 16.4. The SMILES string of the molecule is Cc1cc(C)nc(Nc2cccc([C@@H]3CCCN3C(=O)CN3CCc4ccccc4C3)n2)n1. The number of fused-ring (bicyclic) bond motifs is 1. The number of nitrogens with zero attached hydrogens (tertiary/aromatic N) is 5. The molecule has 2 aliphatic rings. The molecule has 3 aromatic rings. The van der Waals surface area contributed by atoms with Crippen LogP contribution < -0.4 is 5.32 Å². The Morgan fingerprint density at radius 2 is 1.79 bits per heavy atom. The van der Waals surface area contributed by atoms with Crippen molar-refractivity contribution in [3.8, 4) is 0 Å². The lowest BCUT2D eigenvalue weighted by Crippen LogP contribution is -2.42. The van der Waals surface area contributed by atoms with Crippen LogP contribution in [0.5, 0.6) is 0 Å². The zero-order valence-electron chi connectivity index (χ0n) is 19.3. The molecule has 0 unspecified atom stereocenters. The maximum absolute atomic E-state index is 13.3. The summed E-state index contributed by atoms with van der Waals surface area (Å²) in [5, 5.41) is 3.22. The Morgan fingerprint density at radius 3 is 2.61 bits per heavy atom. The largest absolute Gasteiger partial charge is 0.333 e. The van der Waals surface area contributed by atoms with E-state index in [1.54, 1.807) is 0 Å². The van der Waals surface area contributed by atoms with Crippen molar-refractivity contribution in [1.29, 1.82) is 0 Å². The van der Waals surface area contributed by atoms with Crippen LogP contribution in [0.25, 0.3) is 0 Å². The molecule has 33 heavy (non-hydrogen) atoms. The maximum atomic E-state index is 13.3. The Labute approximate surface area is 194 Å². The highest BCUT2D eigenvalue weighted by Gasteiger charge is 2.32. The lowest BCUT2D eigenvalue weighted by atomic mass is 10.00. The number of pyridine rings is 1. The van der Waals surface area contributed by atoms with E-state index in [9.17, 15) is 4.79 Å². The van der Waals surface area contributed by atoms with Gasteiger partial charge >= 0.3 is 0 Å². The van der Waals surface area contributed by atoms with E-state index in [4.69, 9.17) is 4.98 Å². The monoisotopic (exact) mass is 442 g/mol. The van der Waals surface area contributed by atoms with Gasteiger partial charge in [0.15, 0.2) is 0 Å². The zero-order chi connectivity index (χ0) is 22.8. The van der Waals surface area contributed by atoms with Crippen LogP contribution in [0.2, 0.25) is 0 Å². The minimum atomic E-state index is 0.0106. The number of hydrogen-bond acceptors (Lipinski definition) is 6. The van der Waals surface area contributed by atoms with Crippen molar-refractivity contribution in [2.45, 2.75) is 45.7 Å². The van der Waals surface area contributed by atoms with Crippen LogP contribution in [-0.4, -0.2) is 50.3 Å². The van der Waals surface area contributed by atoms with Crippen LogP contribution in [0.4, 0.5) is 11.8 Å². The van der Waals surface area contributed by atoms with E-state index in [0.29, 0.717) is 18.3 Å². The number of aryl methyl sites for hydroxylation is 2. The normalized spacial score (nSPS) is 18.2. The van der Waals surface area contributed by atoms with Gasteiger partial charge in [0.25, 0.3) is 0 Å². The summed E-state index contributed by atoms with van der Waals surface area (Å²) in [4.78, 5) is 31.3. The van der Waals surface area contributed by atoms with E-state index in [-0.39, 0.29) is 11.9 Å². The van der Waals surface area contributed by atoms with Crippen molar-refractivity contribution in [2.24, 2.45) is 0 Å². The molecule has 5 rings (SSSR count). The van der Waals surface area contributed by atoms with Crippen molar-refractivity contribution >= 4 is 17.7 Å². The Balaban J connectivity index is 1.27. The summed E-state index contributed by atoms with van der Waals surface area (Å²) >= 11 is 0. The third-order valence-electron chi connectivity index (χ3n) is 6.48. The standard InChI is InChI=1S/C26H30N6O/c1-18-15-19(2)28-26(27-18)30-24-11-5-9-22(29-24)23-10-6-13-32(23)25(33)17-31-14-12-20-7-3-4-8-21(20)16-31/h3-5,7-9,11,15,23H,6,10,12-14,16-17H2,1-2H3,(H,27,28,29,30)/t23-/m0/s1. The number of nitrogens with one attached hydrogen (secondary N) is 1. The van der Waals surface area contributed by atoms with Gasteiger partial charge in [-0.05, 0) is 62.4 Å². The van der Waals surface area contributed by atoms with E-state index in [1.807, 2.05) is 43.0 Å². The topological polar surface area (TPSA) is 74.2 Å². The molecule has 1 amide bonds. The van der Waals surface area contributed by atoms with Gasteiger partial charge in [-0.25, -0.2) is 15.0 Å². The number of amides is 1. The van der Waals surface area contributed by atoms with Crippen molar-refractivity contribution in [1.82, 2.24) is 24.8 Å². The summed E-state index contributed by atoms with van der Waals surface area (Å²) in [5.41, 5.74) is 5.48. The number of benzene rings is 1. The van der Waals surface area contributed by atoms with Crippen molar-refractivity contribution in [3.63, 3.8) is 0 Å². The van der Waals surface area contributed by atoms with Gasteiger partial charge in [-0.2, -0.15) is 0 Å². The van der Waals surface area contributed by atoms with Gasteiger partial charge < -0.3 is 10.2 Å². The molecule has 0 bridgehead atoms. The lowest BCUT2D eigenvalue weighted by molar-refractivity contribution is -0.133. The van der Waals surface area contributed by atoms with Crippen LogP contribution in [0, 0.1) is 13.8 Å². The number of carbonyl (C=O) groups is 1. The second-order valence-electron chi connectivity index (χ2n) is 9.02. The smallest absolute Gasteiger partial charge is 0.237 e. The quantitative estimate of drug-likeness (QED) is 0.645. The van der Waals surface area contributed by atoms with Crippen molar-refractivity contribution < 1.29 is 4.79 Å². The first-order valence-corrected chi connectivity index (χ1v) is 11.7. The van der Waals surface area contributed by atoms with E-state index in [0.717, 1.165) is 56.0 Å². The molecular weight excluding hydrogens is 412 g/mol. The van der Waals surface area contributed by atoms with Crippen LogP contribution in [-0.2, 0) is 17.8 Å². The first-order chi connectivity index (χ1) is 16.0. The van der Waals surface area contributed by atoms with Crippen molar-refractivity contribution in [2.75, 3.05) is 25.0 Å². The zero-order valence-corrected chi connectivity index (χ0v) is 19.3. The molecule has 7 heteroatoms. The molecule has 1 saturated heterocycles. The molecule has 1 fully saturated rings. The van der Waals surface area contributed by atoms with Gasteiger partial charge in [0.1, 0.15) is 5.82 Å². The number of hydrogen-bond donors (Lipinski definition) is 1. The molecule has 1 aromatic carbocycles. The molecule has 0 spiro atoms. The van der Waals surface area contributed by atoms with E-state index in [2.05, 4.69) is 44.5 Å². The highest BCUT2D eigenvalue weighted by molar-refractivity contribution is 5.79. The molecule has 4 heterocycles. The number of likely N-dealkylation sites (tertiary alicyclic amines) is 1. The van der Waals surface area contributed by atoms with E-state index >= 15 is 0 Å². The number of rotatable bonds is 5. The number of carbonyl (C=O) groups excluding carboxylic acids is 1. The first kappa shape index (κ1) is 21.5. The molecular formula is C26H30N6O. The molecule has 0 aliphatic carbocycles. The summed E-state index contributed by atoms with van der Waals surface area (Å²) in [6.45, 7) is 6.91. The summed E-state index contributed by atoms with van der Waals surface area (Å²) < 4.78 is 0. The molecule has 0 saturated carbocycles. The predicted octanol–water partition coefficient (Wildman–Crippen LogP) is 3.95. The molecule has 170 valence electrons. The number of aromatic nitrogens is 3. The fraction of sp³-hybridized carbons (Fsp3) is 0.385. The molecule has 2 aromatic heterocycles. The van der Waals surface area contributed by atoms with Gasteiger partial charge in [0.2, 0.25) is 11.9 Å². The Kier molecular flexibility index (Phi) is 6.05.